The number of carbonyl (C=O) groups excluding carboxylic acids is 1. The first-order chi connectivity index (χ1) is 8.56. The maximum absolute atomic E-state index is 13.1. The lowest BCUT2D eigenvalue weighted by atomic mass is 10.2. The van der Waals surface area contributed by atoms with Gasteiger partial charge < -0.3 is 5.32 Å². The van der Waals surface area contributed by atoms with E-state index in [9.17, 15) is 13.6 Å². The molecule has 0 spiro atoms. The SMILES string of the molecule is O=C1CSC(=NN=Cc2cc(F)cc(F)c2Cl)N1. The minimum Gasteiger partial charge on any atom is -0.303 e. The molecule has 94 valence electrons. The van der Waals surface area contributed by atoms with Crippen molar-refractivity contribution in [2.45, 2.75) is 0 Å². The van der Waals surface area contributed by atoms with Gasteiger partial charge in [-0.1, -0.05) is 23.4 Å². The molecule has 0 saturated carbocycles. The molecule has 1 fully saturated rings. The van der Waals surface area contributed by atoms with E-state index in [0.29, 0.717) is 11.2 Å². The predicted octanol–water partition coefficient (Wildman–Crippen LogP) is 2.17. The third-order valence-electron chi connectivity index (χ3n) is 1.95. The number of nitrogens with one attached hydrogen (secondary N) is 1. The molecule has 1 heterocycles. The average Bonchev–Trinajstić information content (AvgIpc) is 2.71. The average molecular weight is 290 g/mol. The van der Waals surface area contributed by atoms with Gasteiger partial charge in [0, 0.05) is 11.6 Å². The van der Waals surface area contributed by atoms with Crippen molar-refractivity contribution >= 4 is 40.7 Å². The minimum atomic E-state index is -0.866. The topological polar surface area (TPSA) is 53.8 Å². The molecule has 0 bridgehead atoms. The number of amides is 1. The zero-order valence-corrected chi connectivity index (χ0v) is 10.4. The van der Waals surface area contributed by atoms with Gasteiger partial charge in [-0.05, 0) is 6.07 Å². The number of thioether (sulfide) groups is 1. The van der Waals surface area contributed by atoms with E-state index in [2.05, 4.69) is 15.5 Å². The lowest BCUT2D eigenvalue weighted by molar-refractivity contribution is -0.116. The number of benzene rings is 1. The van der Waals surface area contributed by atoms with Crippen molar-refractivity contribution in [2.24, 2.45) is 10.2 Å². The van der Waals surface area contributed by atoms with E-state index in [1.807, 2.05) is 0 Å². The van der Waals surface area contributed by atoms with Crippen molar-refractivity contribution < 1.29 is 13.6 Å². The number of halogens is 3. The highest BCUT2D eigenvalue weighted by Crippen LogP contribution is 2.20. The fraction of sp³-hybridized carbons (Fsp3) is 0.100. The summed E-state index contributed by atoms with van der Waals surface area (Å²) in [4.78, 5) is 10.8. The molecular weight excluding hydrogens is 284 g/mol. The van der Waals surface area contributed by atoms with Gasteiger partial charge in [-0.3, -0.25) is 4.79 Å². The lowest BCUT2D eigenvalue weighted by Gasteiger charge is -1.98. The summed E-state index contributed by atoms with van der Waals surface area (Å²) in [7, 11) is 0. The highest BCUT2D eigenvalue weighted by molar-refractivity contribution is 8.15. The number of hydrogen-bond acceptors (Lipinski definition) is 4. The molecule has 1 aliphatic rings. The van der Waals surface area contributed by atoms with Gasteiger partial charge >= 0.3 is 0 Å². The summed E-state index contributed by atoms with van der Waals surface area (Å²) in [5.74, 6) is -1.50. The van der Waals surface area contributed by atoms with Crippen LogP contribution in [-0.4, -0.2) is 23.0 Å². The minimum absolute atomic E-state index is 0.0767. The number of carbonyl (C=O) groups is 1. The van der Waals surface area contributed by atoms with Crippen LogP contribution >= 0.6 is 23.4 Å². The Morgan fingerprint density at radius 3 is 2.89 bits per heavy atom. The van der Waals surface area contributed by atoms with Crippen molar-refractivity contribution in [3.05, 3.63) is 34.4 Å². The highest BCUT2D eigenvalue weighted by Gasteiger charge is 2.16. The van der Waals surface area contributed by atoms with E-state index in [-0.39, 0.29) is 22.2 Å². The van der Waals surface area contributed by atoms with E-state index < -0.39 is 11.6 Å². The largest absolute Gasteiger partial charge is 0.303 e. The number of nitrogens with zero attached hydrogens (tertiary/aromatic N) is 2. The Hall–Kier alpha value is -1.47. The van der Waals surface area contributed by atoms with E-state index in [1.54, 1.807) is 0 Å². The molecule has 1 aromatic rings. The molecule has 0 radical (unpaired) electrons. The number of amidine groups is 1. The first-order valence-corrected chi connectivity index (χ1v) is 6.11. The quantitative estimate of drug-likeness (QED) is 0.515. The summed E-state index contributed by atoms with van der Waals surface area (Å²) in [6, 6.07) is 1.72. The summed E-state index contributed by atoms with van der Waals surface area (Å²) < 4.78 is 26.0. The Morgan fingerprint density at radius 2 is 2.22 bits per heavy atom. The van der Waals surface area contributed by atoms with Crippen molar-refractivity contribution in [3.8, 4) is 0 Å². The van der Waals surface area contributed by atoms with Crippen molar-refractivity contribution in [1.82, 2.24) is 5.32 Å². The fourth-order valence-electron chi connectivity index (χ4n) is 1.19. The van der Waals surface area contributed by atoms with Crippen molar-refractivity contribution in [2.75, 3.05) is 5.75 Å². The van der Waals surface area contributed by atoms with Crippen LogP contribution in [0.2, 0.25) is 5.02 Å². The van der Waals surface area contributed by atoms with Crippen LogP contribution in [0.4, 0.5) is 8.78 Å². The molecule has 1 saturated heterocycles. The molecule has 4 nitrogen and oxygen atoms in total. The second-order valence-corrected chi connectivity index (χ2v) is 4.62. The van der Waals surface area contributed by atoms with Gasteiger partial charge in [0.1, 0.15) is 11.6 Å². The summed E-state index contributed by atoms with van der Waals surface area (Å²) in [5.41, 5.74) is 0.0767. The highest BCUT2D eigenvalue weighted by atomic mass is 35.5. The summed E-state index contributed by atoms with van der Waals surface area (Å²) in [6.07, 6.45) is 1.12. The molecular formula is C10H6ClF2N3OS. The second-order valence-electron chi connectivity index (χ2n) is 3.28. The molecule has 1 amide bonds. The van der Waals surface area contributed by atoms with E-state index in [1.165, 1.54) is 11.8 Å². The van der Waals surface area contributed by atoms with E-state index in [0.717, 1.165) is 12.3 Å². The van der Waals surface area contributed by atoms with Crippen LogP contribution in [0.3, 0.4) is 0 Å². The predicted molar refractivity (Wildman–Crippen MR) is 67.0 cm³/mol. The Labute approximate surface area is 110 Å². The van der Waals surface area contributed by atoms with Crippen LogP contribution in [0.15, 0.2) is 22.3 Å². The van der Waals surface area contributed by atoms with Gasteiger partial charge in [-0.2, -0.15) is 5.10 Å². The Balaban J connectivity index is 2.17. The normalized spacial score (nSPS) is 17.7. The van der Waals surface area contributed by atoms with Gasteiger partial charge in [0.25, 0.3) is 0 Å². The summed E-state index contributed by atoms with van der Waals surface area (Å²) in [6.45, 7) is 0. The van der Waals surface area contributed by atoms with Crippen LogP contribution in [0.1, 0.15) is 5.56 Å². The van der Waals surface area contributed by atoms with Gasteiger partial charge in [-0.25, -0.2) is 8.78 Å². The second kappa shape index (κ2) is 5.45. The van der Waals surface area contributed by atoms with E-state index in [4.69, 9.17) is 11.6 Å². The van der Waals surface area contributed by atoms with Crippen LogP contribution in [-0.2, 0) is 4.79 Å². The molecule has 0 atom stereocenters. The number of hydrogen-bond donors (Lipinski definition) is 1. The summed E-state index contributed by atoms with van der Waals surface area (Å²) >= 11 is 6.82. The number of rotatable bonds is 2. The van der Waals surface area contributed by atoms with Gasteiger partial charge in [0.15, 0.2) is 5.17 Å². The van der Waals surface area contributed by atoms with Crippen LogP contribution in [0.25, 0.3) is 0 Å². The third-order valence-corrected chi connectivity index (χ3v) is 3.22. The molecule has 0 aliphatic carbocycles. The third kappa shape index (κ3) is 3.05. The van der Waals surface area contributed by atoms with Gasteiger partial charge in [0.05, 0.1) is 17.0 Å². The van der Waals surface area contributed by atoms with Gasteiger partial charge in [-0.15, -0.1) is 5.10 Å². The van der Waals surface area contributed by atoms with E-state index >= 15 is 0 Å². The molecule has 1 N–H and O–H groups in total. The first kappa shape index (κ1) is 13.0. The lowest BCUT2D eigenvalue weighted by Crippen LogP contribution is -2.19. The molecule has 2 rings (SSSR count). The molecule has 1 aliphatic heterocycles. The monoisotopic (exact) mass is 289 g/mol. The molecule has 8 heteroatoms. The fourth-order valence-corrected chi connectivity index (χ4v) is 1.98. The van der Waals surface area contributed by atoms with Crippen molar-refractivity contribution in [1.29, 1.82) is 0 Å². The maximum atomic E-state index is 13.1. The Kier molecular flexibility index (Phi) is 3.93. The summed E-state index contributed by atoms with van der Waals surface area (Å²) in [5, 5.41) is 9.85. The van der Waals surface area contributed by atoms with Crippen LogP contribution < -0.4 is 5.32 Å². The zero-order valence-electron chi connectivity index (χ0n) is 8.78. The first-order valence-electron chi connectivity index (χ1n) is 4.74. The molecule has 0 unspecified atom stereocenters. The van der Waals surface area contributed by atoms with Crippen LogP contribution in [0.5, 0.6) is 0 Å². The Morgan fingerprint density at radius 1 is 1.44 bits per heavy atom. The molecule has 1 aromatic carbocycles. The zero-order chi connectivity index (χ0) is 13.1. The van der Waals surface area contributed by atoms with Crippen LogP contribution in [0, 0.1) is 11.6 Å². The maximum Gasteiger partial charge on any atom is 0.236 e. The Bertz CT molecular complexity index is 562. The van der Waals surface area contributed by atoms with Gasteiger partial charge in [0.2, 0.25) is 5.91 Å². The standard InChI is InChI=1S/C10H6ClF2N3OS/c11-9-5(1-6(12)2-7(9)13)3-14-16-10-15-8(17)4-18-10/h1-3H,4H2,(H,15,16,17). The smallest absolute Gasteiger partial charge is 0.236 e. The molecule has 0 aromatic heterocycles. The van der Waals surface area contributed by atoms with Crippen molar-refractivity contribution in [3.63, 3.8) is 0 Å². The molecule has 18 heavy (non-hydrogen) atoms.